The summed E-state index contributed by atoms with van der Waals surface area (Å²) in [7, 11) is 0. The number of rotatable bonds is 4. The van der Waals surface area contributed by atoms with Gasteiger partial charge in [0.15, 0.2) is 0 Å². The average molecular weight is 312 g/mol. The molecular weight excluding hydrogens is 301 g/mol. The number of carbonyl (C=O) groups is 1. The number of benzene rings is 2. The summed E-state index contributed by atoms with van der Waals surface area (Å²) in [6, 6.07) is 7.08. The number of anilines is 2. The topological polar surface area (TPSA) is 55.1 Å². The first kappa shape index (κ1) is 15.2. The molecule has 0 bridgehead atoms. The minimum Gasteiger partial charge on any atom is -0.398 e. The zero-order valence-corrected chi connectivity index (χ0v) is 11.5. The van der Waals surface area contributed by atoms with Gasteiger partial charge in [-0.1, -0.05) is 6.07 Å². The fourth-order valence-corrected chi connectivity index (χ4v) is 2.34. The molecule has 3 nitrogen and oxygen atoms in total. The molecule has 7 heteroatoms. The Labute approximate surface area is 123 Å². The van der Waals surface area contributed by atoms with Crippen LogP contribution < -0.4 is 11.1 Å². The van der Waals surface area contributed by atoms with E-state index in [-0.39, 0.29) is 11.4 Å². The molecule has 0 fully saturated rings. The number of hydrogen-bond acceptors (Lipinski definition) is 3. The summed E-state index contributed by atoms with van der Waals surface area (Å²) in [5.74, 6) is -2.88. The van der Waals surface area contributed by atoms with E-state index in [1.54, 1.807) is 0 Å². The van der Waals surface area contributed by atoms with Crippen LogP contribution in [0.4, 0.5) is 24.5 Å². The maximum Gasteiger partial charge on any atom is 0.234 e. The van der Waals surface area contributed by atoms with Crippen molar-refractivity contribution < 1.29 is 18.0 Å². The van der Waals surface area contributed by atoms with Crippen molar-refractivity contribution in [1.82, 2.24) is 0 Å². The first-order valence-corrected chi connectivity index (χ1v) is 6.87. The van der Waals surface area contributed by atoms with Crippen LogP contribution in [0.1, 0.15) is 0 Å². The summed E-state index contributed by atoms with van der Waals surface area (Å²) >= 11 is 1.05. The summed E-state index contributed by atoms with van der Waals surface area (Å²) in [6.07, 6.45) is 0. The number of halogens is 3. The van der Waals surface area contributed by atoms with E-state index in [0.717, 1.165) is 30.0 Å². The van der Waals surface area contributed by atoms with Crippen LogP contribution >= 0.6 is 11.8 Å². The van der Waals surface area contributed by atoms with Gasteiger partial charge in [-0.2, -0.15) is 0 Å². The van der Waals surface area contributed by atoms with Crippen molar-refractivity contribution in [3.8, 4) is 0 Å². The molecule has 3 N–H and O–H groups in total. The highest BCUT2D eigenvalue weighted by Crippen LogP contribution is 2.26. The van der Waals surface area contributed by atoms with Gasteiger partial charge in [0.05, 0.1) is 5.75 Å². The molecule has 2 aromatic carbocycles. The number of hydrogen-bond donors (Lipinski definition) is 2. The molecule has 0 heterocycles. The number of amides is 1. The fourth-order valence-electron chi connectivity index (χ4n) is 1.59. The number of nitrogens with one attached hydrogen (secondary N) is 1. The lowest BCUT2D eigenvalue weighted by Crippen LogP contribution is -2.16. The standard InChI is InChI=1S/C14H11F3N2OS/c15-8-4-5-12(11(18)6-8)21-7-13(20)19-14-9(16)2-1-3-10(14)17/h1-6H,7,18H2,(H,19,20). The summed E-state index contributed by atoms with van der Waals surface area (Å²) in [4.78, 5) is 12.2. The van der Waals surface area contributed by atoms with Crippen molar-refractivity contribution in [3.05, 3.63) is 53.8 Å². The SMILES string of the molecule is Nc1cc(F)ccc1SCC(=O)Nc1c(F)cccc1F. The molecule has 2 rings (SSSR count). The highest BCUT2D eigenvalue weighted by atomic mass is 32.2. The molecule has 0 radical (unpaired) electrons. The van der Waals surface area contributed by atoms with E-state index < -0.39 is 29.0 Å². The van der Waals surface area contributed by atoms with Crippen LogP contribution in [-0.4, -0.2) is 11.7 Å². The molecule has 0 unspecified atom stereocenters. The van der Waals surface area contributed by atoms with Crippen molar-refractivity contribution in [2.24, 2.45) is 0 Å². The molecule has 0 spiro atoms. The summed E-state index contributed by atoms with van der Waals surface area (Å²) in [5.41, 5.74) is 5.30. The Hall–Kier alpha value is -2.15. The van der Waals surface area contributed by atoms with Crippen LogP contribution in [0, 0.1) is 17.5 Å². The van der Waals surface area contributed by atoms with Gasteiger partial charge in [0.25, 0.3) is 0 Å². The highest BCUT2D eigenvalue weighted by molar-refractivity contribution is 8.00. The quantitative estimate of drug-likeness (QED) is 0.672. The number of nitrogen functional groups attached to an aromatic ring is 1. The van der Waals surface area contributed by atoms with E-state index in [2.05, 4.69) is 5.32 Å². The third-order valence-electron chi connectivity index (χ3n) is 2.56. The Morgan fingerprint density at radius 1 is 1.14 bits per heavy atom. The lowest BCUT2D eigenvalue weighted by Gasteiger charge is -2.08. The molecule has 0 aliphatic carbocycles. The number of nitrogens with two attached hydrogens (primary N) is 1. The van der Waals surface area contributed by atoms with Crippen LogP contribution in [0.2, 0.25) is 0 Å². The lowest BCUT2D eigenvalue weighted by molar-refractivity contribution is -0.113. The van der Waals surface area contributed by atoms with Gasteiger partial charge >= 0.3 is 0 Å². The maximum atomic E-state index is 13.4. The smallest absolute Gasteiger partial charge is 0.234 e. The van der Waals surface area contributed by atoms with Gasteiger partial charge in [0.1, 0.15) is 23.1 Å². The Morgan fingerprint density at radius 2 is 1.81 bits per heavy atom. The molecule has 0 saturated heterocycles. The van der Waals surface area contributed by atoms with Gasteiger partial charge in [-0.3, -0.25) is 4.79 Å². The Morgan fingerprint density at radius 3 is 2.43 bits per heavy atom. The molecule has 0 aliphatic heterocycles. The van der Waals surface area contributed by atoms with Gasteiger partial charge in [-0.15, -0.1) is 11.8 Å². The molecule has 0 aromatic heterocycles. The van der Waals surface area contributed by atoms with Gasteiger partial charge in [0.2, 0.25) is 5.91 Å². The predicted octanol–water partition coefficient (Wildman–Crippen LogP) is 3.42. The van der Waals surface area contributed by atoms with Crippen molar-refractivity contribution in [1.29, 1.82) is 0 Å². The van der Waals surface area contributed by atoms with E-state index in [4.69, 9.17) is 5.73 Å². The second-order valence-electron chi connectivity index (χ2n) is 4.12. The third kappa shape index (κ3) is 3.91. The third-order valence-corrected chi connectivity index (χ3v) is 3.65. The average Bonchev–Trinajstić information content (AvgIpc) is 2.42. The highest BCUT2D eigenvalue weighted by Gasteiger charge is 2.12. The van der Waals surface area contributed by atoms with E-state index in [1.165, 1.54) is 18.2 Å². The zero-order valence-electron chi connectivity index (χ0n) is 10.7. The molecule has 2 aromatic rings. The van der Waals surface area contributed by atoms with Crippen LogP contribution in [-0.2, 0) is 4.79 Å². The van der Waals surface area contributed by atoms with Crippen molar-refractivity contribution in [3.63, 3.8) is 0 Å². The second-order valence-corrected chi connectivity index (χ2v) is 5.13. The number of para-hydroxylation sites is 1. The van der Waals surface area contributed by atoms with E-state index in [1.807, 2.05) is 0 Å². The Balaban J connectivity index is 1.99. The fraction of sp³-hybridized carbons (Fsp3) is 0.0714. The number of carbonyl (C=O) groups excluding carboxylic acids is 1. The minimum atomic E-state index is -0.852. The van der Waals surface area contributed by atoms with Crippen LogP contribution in [0.5, 0.6) is 0 Å². The molecule has 0 saturated carbocycles. The van der Waals surface area contributed by atoms with Gasteiger partial charge in [0, 0.05) is 10.6 Å². The maximum absolute atomic E-state index is 13.4. The normalized spacial score (nSPS) is 10.4. The van der Waals surface area contributed by atoms with E-state index in [0.29, 0.717) is 4.90 Å². The minimum absolute atomic E-state index is 0.108. The van der Waals surface area contributed by atoms with E-state index >= 15 is 0 Å². The predicted molar refractivity (Wildman–Crippen MR) is 76.5 cm³/mol. The van der Waals surface area contributed by atoms with Crippen LogP contribution in [0.15, 0.2) is 41.3 Å². The van der Waals surface area contributed by atoms with Crippen molar-refractivity contribution >= 4 is 29.0 Å². The monoisotopic (exact) mass is 312 g/mol. The largest absolute Gasteiger partial charge is 0.398 e. The number of thioether (sulfide) groups is 1. The van der Waals surface area contributed by atoms with Crippen LogP contribution in [0.3, 0.4) is 0 Å². The summed E-state index contributed by atoms with van der Waals surface area (Å²) in [6.45, 7) is 0. The molecule has 1 amide bonds. The lowest BCUT2D eigenvalue weighted by atomic mass is 10.3. The van der Waals surface area contributed by atoms with Crippen LogP contribution in [0.25, 0.3) is 0 Å². The zero-order chi connectivity index (χ0) is 15.4. The summed E-state index contributed by atoms with van der Waals surface area (Å²) < 4.78 is 39.6. The van der Waals surface area contributed by atoms with Crippen molar-refractivity contribution in [2.45, 2.75) is 4.90 Å². The van der Waals surface area contributed by atoms with Gasteiger partial charge in [-0.25, -0.2) is 13.2 Å². The first-order valence-electron chi connectivity index (χ1n) is 5.89. The molecule has 0 atom stereocenters. The molecular formula is C14H11F3N2OS. The van der Waals surface area contributed by atoms with Crippen molar-refractivity contribution in [2.75, 3.05) is 16.8 Å². The first-order chi connectivity index (χ1) is 9.97. The molecule has 21 heavy (non-hydrogen) atoms. The second kappa shape index (κ2) is 6.53. The Bertz CT molecular complexity index is 659. The molecule has 0 aliphatic rings. The Kier molecular flexibility index (Phi) is 4.74. The van der Waals surface area contributed by atoms with Gasteiger partial charge < -0.3 is 11.1 Å². The summed E-state index contributed by atoms with van der Waals surface area (Å²) in [5, 5.41) is 2.15. The van der Waals surface area contributed by atoms with Gasteiger partial charge in [-0.05, 0) is 30.3 Å². The molecule has 110 valence electrons. The van der Waals surface area contributed by atoms with E-state index in [9.17, 15) is 18.0 Å².